The quantitative estimate of drug-likeness (QED) is 0.571. The molecule has 0 atom stereocenters. The Morgan fingerprint density at radius 2 is 2.00 bits per heavy atom. The average Bonchev–Trinajstić information content (AvgIpc) is 3.00. The molecule has 0 aliphatic rings. The van der Waals surface area contributed by atoms with E-state index in [2.05, 4.69) is 20.3 Å². The molecule has 142 valence electrons. The summed E-state index contributed by atoms with van der Waals surface area (Å²) < 4.78 is 22.2. The first kappa shape index (κ1) is 22.5. The van der Waals surface area contributed by atoms with Crippen LogP contribution in [-0.4, -0.2) is 41.9 Å². The van der Waals surface area contributed by atoms with Crippen LogP contribution < -0.4 is 11.1 Å². The predicted octanol–water partition coefficient (Wildman–Crippen LogP) is 2.31. The zero-order valence-electron chi connectivity index (χ0n) is 13.9. The smallest absolute Gasteiger partial charge is 0.148 e. The molecule has 0 bridgehead atoms. The number of nitrogens with one attached hydrogen (secondary N) is 1. The number of nitrogens with zero attached hydrogens (tertiary/aromatic N) is 3. The highest BCUT2D eigenvalue weighted by Crippen LogP contribution is 2.26. The standard InChI is InChI=1S/C15H17N5O2S2.2ClH/c1-24(21,22)5-4-17-7-14-20-13(8-23-14)10-2-3-12-11(6-10)15(16)19-9-18-12;;/h2-3,6,8-9,17H,4-5,7H2,1H3,(H2,16,18,19);2*1H. The number of nitrogen functional groups attached to an aromatic ring is 1. The van der Waals surface area contributed by atoms with Crippen LogP contribution in [-0.2, 0) is 16.4 Å². The third-order valence-corrected chi connectivity index (χ3v) is 5.23. The minimum absolute atomic E-state index is 0. The van der Waals surface area contributed by atoms with Crippen LogP contribution >= 0.6 is 36.2 Å². The molecule has 0 amide bonds. The van der Waals surface area contributed by atoms with Gasteiger partial charge in [-0.2, -0.15) is 0 Å². The fraction of sp³-hybridized carbons (Fsp3) is 0.267. The molecule has 3 N–H and O–H groups in total. The number of aromatic nitrogens is 3. The molecule has 0 saturated carbocycles. The summed E-state index contributed by atoms with van der Waals surface area (Å²) in [6.45, 7) is 0.955. The highest BCUT2D eigenvalue weighted by atomic mass is 35.5. The highest BCUT2D eigenvalue weighted by Gasteiger charge is 2.08. The first-order valence-electron chi connectivity index (χ1n) is 7.26. The molecule has 3 aromatic rings. The second-order valence-electron chi connectivity index (χ2n) is 5.42. The van der Waals surface area contributed by atoms with E-state index >= 15 is 0 Å². The first-order valence-corrected chi connectivity index (χ1v) is 10.2. The minimum atomic E-state index is -2.94. The molecule has 1 aromatic carbocycles. The van der Waals surface area contributed by atoms with Crippen molar-refractivity contribution in [2.45, 2.75) is 6.54 Å². The van der Waals surface area contributed by atoms with Gasteiger partial charge in [0.1, 0.15) is 27.0 Å². The van der Waals surface area contributed by atoms with Crippen LogP contribution in [0, 0.1) is 0 Å². The molecule has 2 heterocycles. The van der Waals surface area contributed by atoms with Gasteiger partial charge >= 0.3 is 0 Å². The predicted molar refractivity (Wildman–Crippen MR) is 111 cm³/mol. The monoisotopic (exact) mass is 435 g/mol. The maximum absolute atomic E-state index is 11.1. The Balaban J connectivity index is 0.00000169. The molecule has 26 heavy (non-hydrogen) atoms. The Morgan fingerprint density at radius 1 is 1.23 bits per heavy atom. The van der Waals surface area contributed by atoms with Crippen LogP contribution in [0.3, 0.4) is 0 Å². The number of halogens is 2. The second kappa shape index (κ2) is 9.43. The lowest BCUT2D eigenvalue weighted by atomic mass is 10.1. The van der Waals surface area contributed by atoms with Gasteiger partial charge in [-0.05, 0) is 12.1 Å². The van der Waals surface area contributed by atoms with Crippen LogP contribution in [0.4, 0.5) is 5.82 Å². The topological polar surface area (TPSA) is 111 Å². The van der Waals surface area contributed by atoms with Crippen LogP contribution in [0.2, 0.25) is 0 Å². The summed E-state index contributed by atoms with van der Waals surface area (Å²) in [6, 6.07) is 5.78. The van der Waals surface area contributed by atoms with Crippen LogP contribution in [0.5, 0.6) is 0 Å². The van der Waals surface area contributed by atoms with Gasteiger partial charge in [-0.3, -0.25) is 0 Å². The summed E-state index contributed by atoms with van der Waals surface area (Å²) in [5.41, 5.74) is 8.49. The Morgan fingerprint density at radius 3 is 2.73 bits per heavy atom. The van der Waals surface area contributed by atoms with Crippen molar-refractivity contribution in [3.05, 3.63) is 34.9 Å². The summed E-state index contributed by atoms with van der Waals surface area (Å²) in [4.78, 5) is 12.8. The van der Waals surface area contributed by atoms with Crippen molar-refractivity contribution < 1.29 is 8.42 Å². The van der Waals surface area contributed by atoms with Crippen molar-refractivity contribution in [2.75, 3.05) is 24.3 Å². The van der Waals surface area contributed by atoms with Gasteiger partial charge in [0.2, 0.25) is 0 Å². The van der Waals surface area contributed by atoms with Crippen LogP contribution in [0.1, 0.15) is 5.01 Å². The largest absolute Gasteiger partial charge is 0.383 e. The lowest BCUT2D eigenvalue weighted by Gasteiger charge is -2.03. The Hall–Kier alpha value is -1.52. The fourth-order valence-corrected chi connectivity index (χ4v) is 3.50. The molecule has 0 fully saturated rings. The molecule has 0 saturated heterocycles. The number of nitrogens with two attached hydrogens (primary N) is 1. The molecule has 11 heteroatoms. The van der Waals surface area contributed by atoms with Crippen molar-refractivity contribution >= 4 is 62.7 Å². The molecule has 0 spiro atoms. The molecule has 0 aliphatic carbocycles. The number of anilines is 1. The number of fused-ring (bicyclic) bond motifs is 1. The van der Waals surface area contributed by atoms with Crippen molar-refractivity contribution in [2.24, 2.45) is 0 Å². The molecule has 2 aromatic heterocycles. The van der Waals surface area contributed by atoms with Gasteiger partial charge in [-0.25, -0.2) is 23.4 Å². The number of thiazole rings is 1. The SMILES string of the molecule is CS(=O)(=O)CCNCc1nc(-c2ccc3ncnc(N)c3c2)cs1.Cl.Cl. The fourth-order valence-electron chi connectivity index (χ4n) is 2.21. The van der Waals surface area contributed by atoms with Gasteiger partial charge in [-0.15, -0.1) is 36.2 Å². The van der Waals surface area contributed by atoms with Crippen molar-refractivity contribution in [3.8, 4) is 11.3 Å². The average molecular weight is 436 g/mol. The number of sulfone groups is 1. The van der Waals surface area contributed by atoms with Gasteiger partial charge in [0.25, 0.3) is 0 Å². The van der Waals surface area contributed by atoms with E-state index in [0.717, 1.165) is 27.2 Å². The normalized spacial score (nSPS) is 11.0. The van der Waals surface area contributed by atoms with E-state index in [1.807, 2.05) is 23.6 Å². The summed E-state index contributed by atoms with van der Waals surface area (Å²) in [5, 5.41) is 6.76. The van der Waals surface area contributed by atoms with E-state index in [1.54, 1.807) is 0 Å². The number of hydrogen-bond donors (Lipinski definition) is 2. The zero-order valence-corrected chi connectivity index (χ0v) is 17.1. The third kappa shape index (κ3) is 5.75. The summed E-state index contributed by atoms with van der Waals surface area (Å²) in [5.74, 6) is 0.564. The summed E-state index contributed by atoms with van der Waals surface area (Å²) in [6.07, 6.45) is 2.67. The second-order valence-corrected chi connectivity index (χ2v) is 8.63. The molecular weight excluding hydrogens is 417 g/mol. The van der Waals surface area contributed by atoms with E-state index in [9.17, 15) is 8.42 Å². The maximum Gasteiger partial charge on any atom is 0.148 e. The number of rotatable bonds is 6. The molecule has 7 nitrogen and oxygen atoms in total. The first-order chi connectivity index (χ1) is 11.4. The molecular formula is C15H19Cl2N5O2S2. The van der Waals surface area contributed by atoms with Crippen LogP contribution in [0.15, 0.2) is 29.9 Å². The lowest BCUT2D eigenvalue weighted by Crippen LogP contribution is -2.21. The highest BCUT2D eigenvalue weighted by molar-refractivity contribution is 7.90. The summed E-state index contributed by atoms with van der Waals surface area (Å²) >= 11 is 1.53. The van der Waals surface area contributed by atoms with Crippen molar-refractivity contribution in [3.63, 3.8) is 0 Å². The minimum Gasteiger partial charge on any atom is -0.383 e. The van der Waals surface area contributed by atoms with Gasteiger partial charge in [0.05, 0.1) is 17.0 Å². The maximum atomic E-state index is 11.1. The van der Waals surface area contributed by atoms with Gasteiger partial charge in [0, 0.05) is 35.7 Å². The van der Waals surface area contributed by atoms with E-state index in [0.29, 0.717) is 18.9 Å². The van der Waals surface area contributed by atoms with E-state index in [4.69, 9.17) is 5.73 Å². The molecule has 0 radical (unpaired) electrons. The molecule has 0 unspecified atom stereocenters. The van der Waals surface area contributed by atoms with Gasteiger partial charge in [0.15, 0.2) is 0 Å². The van der Waals surface area contributed by atoms with Crippen molar-refractivity contribution in [1.29, 1.82) is 0 Å². The Labute approximate surface area is 168 Å². The summed E-state index contributed by atoms with van der Waals surface area (Å²) in [7, 11) is -2.94. The van der Waals surface area contributed by atoms with E-state index in [1.165, 1.54) is 23.9 Å². The van der Waals surface area contributed by atoms with Gasteiger partial charge in [-0.1, -0.05) is 6.07 Å². The number of benzene rings is 1. The third-order valence-electron chi connectivity index (χ3n) is 3.44. The van der Waals surface area contributed by atoms with E-state index < -0.39 is 9.84 Å². The zero-order chi connectivity index (χ0) is 17.2. The van der Waals surface area contributed by atoms with Gasteiger partial charge < -0.3 is 11.1 Å². The molecule has 0 aliphatic heterocycles. The lowest BCUT2D eigenvalue weighted by molar-refractivity contribution is 0.596. The Kier molecular flexibility index (Phi) is 8.16. The van der Waals surface area contributed by atoms with Crippen molar-refractivity contribution in [1.82, 2.24) is 20.3 Å². The van der Waals surface area contributed by atoms with E-state index in [-0.39, 0.29) is 30.6 Å². The molecule has 3 rings (SSSR count). The number of hydrogen-bond acceptors (Lipinski definition) is 8. The Bertz CT molecular complexity index is 979. The van der Waals surface area contributed by atoms with Crippen LogP contribution in [0.25, 0.3) is 22.2 Å².